The summed E-state index contributed by atoms with van der Waals surface area (Å²) in [7, 11) is 2.27. The first kappa shape index (κ1) is 7.60. The summed E-state index contributed by atoms with van der Waals surface area (Å²) in [5.41, 5.74) is 0.521. The second kappa shape index (κ2) is 2.22. The predicted molar refractivity (Wildman–Crippen MR) is 47.0 cm³/mol. The lowest BCUT2D eigenvalue weighted by Crippen LogP contribution is -2.44. The molecule has 0 saturated carbocycles. The van der Waals surface area contributed by atoms with Crippen LogP contribution in [0.1, 0.15) is 39.5 Å². The second-order valence-electron chi connectivity index (χ2n) is 4.64. The Bertz CT molecular complexity index is 166. The van der Waals surface area contributed by atoms with E-state index in [-0.39, 0.29) is 0 Å². The van der Waals surface area contributed by atoms with E-state index < -0.39 is 0 Å². The fraction of sp³-hybridized carbons (Fsp3) is 0.900. The van der Waals surface area contributed by atoms with Crippen LogP contribution in [0.5, 0.6) is 0 Å². The van der Waals surface area contributed by atoms with Crippen molar-refractivity contribution in [2.75, 3.05) is 7.05 Å². The summed E-state index contributed by atoms with van der Waals surface area (Å²) in [6, 6.07) is 1.70. The summed E-state index contributed by atoms with van der Waals surface area (Å²) >= 11 is 0. The summed E-state index contributed by atoms with van der Waals surface area (Å²) in [4.78, 5) is 2.53. The normalized spacial score (nSPS) is 46.6. The Morgan fingerprint density at radius 1 is 1.55 bits per heavy atom. The zero-order valence-corrected chi connectivity index (χ0v) is 7.85. The summed E-state index contributed by atoms with van der Waals surface area (Å²) < 4.78 is 0. The molecule has 0 aromatic rings. The molecule has 0 N–H and O–H groups in total. The van der Waals surface area contributed by atoms with Gasteiger partial charge in [-0.25, -0.2) is 0 Å². The molecule has 2 rings (SSSR count). The molecule has 2 aliphatic heterocycles. The molecule has 2 bridgehead atoms. The lowest BCUT2D eigenvalue weighted by Gasteiger charge is -2.42. The average molecular weight is 152 g/mol. The summed E-state index contributed by atoms with van der Waals surface area (Å²) in [5.74, 6) is 0.925. The van der Waals surface area contributed by atoms with Crippen molar-refractivity contribution in [2.24, 2.45) is 5.92 Å². The number of nitrogens with zero attached hydrogens (tertiary/aromatic N) is 1. The molecule has 63 valence electrons. The van der Waals surface area contributed by atoms with Gasteiger partial charge in [-0.1, -0.05) is 6.92 Å². The van der Waals surface area contributed by atoms with E-state index in [9.17, 15) is 0 Å². The van der Waals surface area contributed by atoms with Crippen LogP contribution < -0.4 is 0 Å². The van der Waals surface area contributed by atoms with Crippen LogP contribution in [0.3, 0.4) is 0 Å². The molecule has 1 nitrogen and oxygen atoms in total. The van der Waals surface area contributed by atoms with Gasteiger partial charge in [-0.15, -0.1) is 0 Å². The van der Waals surface area contributed by atoms with Crippen LogP contribution in [0.15, 0.2) is 0 Å². The van der Waals surface area contributed by atoms with E-state index >= 15 is 0 Å². The number of rotatable bonds is 0. The van der Waals surface area contributed by atoms with Crippen molar-refractivity contribution < 1.29 is 0 Å². The van der Waals surface area contributed by atoms with Crippen molar-refractivity contribution in [1.29, 1.82) is 0 Å². The largest absolute Gasteiger partial charge is 0.293 e. The zero-order valence-electron chi connectivity index (χ0n) is 7.85. The van der Waals surface area contributed by atoms with Gasteiger partial charge in [-0.05, 0) is 45.6 Å². The van der Waals surface area contributed by atoms with Gasteiger partial charge < -0.3 is 0 Å². The highest BCUT2D eigenvalue weighted by molar-refractivity contribution is 5.10. The van der Waals surface area contributed by atoms with Gasteiger partial charge in [-0.3, -0.25) is 4.90 Å². The number of piperidine rings is 1. The monoisotopic (exact) mass is 152 g/mol. The van der Waals surface area contributed by atoms with Gasteiger partial charge in [0.2, 0.25) is 0 Å². The fourth-order valence-electron chi connectivity index (χ4n) is 2.83. The molecule has 0 aromatic carbocycles. The van der Waals surface area contributed by atoms with E-state index in [2.05, 4.69) is 25.8 Å². The first-order valence-corrected chi connectivity index (χ1v) is 4.70. The van der Waals surface area contributed by atoms with Crippen LogP contribution in [0.25, 0.3) is 0 Å². The molecular weight excluding hydrogens is 134 g/mol. The van der Waals surface area contributed by atoms with E-state index in [0.717, 1.165) is 5.92 Å². The van der Waals surface area contributed by atoms with Crippen LogP contribution in [0, 0.1) is 12.0 Å². The Morgan fingerprint density at radius 2 is 2.27 bits per heavy atom. The smallest absolute Gasteiger partial charge is 0.0399 e. The van der Waals surface area contributed by atoms with E-state index in [1.807, 2.05) is 0 Å². The number of fused-ring (bicyclic) bond motifs is 2. The Kier molecular flexibility index (Phi) is 1.54. The Balaban J connectivity index is 2.20. The first-order chi connectivity index (χ1) is 5.12. The highest BCUT2D eigenvalue weighted by atomic mass is 15.2. The van der Waals surface area contributed by atoms with Crippen LogP contribution in [0.4, 0.5) is 0 Å². The molecule has 1 unspecified atom stereocenters. The van der Waals surface area contributed by atoms with Crippen molar-refractivity contribution in [3.05, 3.63) is 6.04 Å². The quantitative estimate of drug-likeness (QED) is 0.515. The van der Waals surface area contributed by atoms with Crippen LogP contribution in [0.2, 0.25) is 0 Å². The summed E-state index contributed by atoms with van der Waals surface area (Å²) in [6.07, 6.45) is 5.50. The van der Waals surface area contributed by atoms with Gasteiger partial charge in [0.15, 0.2) is 0 Å². The minimum atomic E-state index is 0.521. The predicted octanol–water partition coefficient (Wildman–Crippen LogP) is 2.43. The molecule has 2 saturated heterocycles. The van der Waals surface area contributed by atoms with Gasteiger partial charge in [0.1, 0.15) is 0 Å². The molecule has 0 aliphatic carbocycles. The molecular formula is C10H18N. The minimum absolute atomic E-state index is 0.521. The van der Waals surface area contributed by atoms with Crippen molar-refractivity contribution in [3.8, 4) is 0 Å². The Labute approximate surface area is 69.8 Å². The second-order valence-corrected chi connectivity index (χ2v) is 4.64. The molecule has 1 heteroatoms. The van der Waals surface area contributed by atoms with Crippen LogP contribution in [-0.4, -0.2) is 17.5 Å². The van der Waals surface area contributed by atoms with Crippen molar-refractivity contribution in [2.45, 2.75) is 45.1 Å². The maximum atomic E-state index is 2.53. The average Bonchev–Trinajstić information content (AvgIpc) is 2.17. The van der Waals surface area contributed by atoms with E-state index in [1.54, 1.807) is 6.04 Å². The van der Waals surface area contributed by atoms with Gasteiger partial charge in [0, 0.05) is 11.6 Å². The lowest BCUT2D eigenvalue weighted by molar-refractivity contribution is 0.113. The SMILES string of the molecule is C[C@H]1C[C]2CCC(C)(C1)N2C. The van der Waals surface area contributed by atoms with Gasteiger partial charge in [-0.2, -0.15) is 0 Å². The summed E-state index contributed by atoms with van der Waals surface area (Å²) in [5, 5.41) is 0. The number of hydrogen-bond donors (Lipinski definition) is 0. The van der Waals surface area contributed by atoms with Gasteiger partial charge >= 0.3 is 0 Å². The molecule has 2 heterocycles. The molecule has 1 radical (unpaired) electrons. The highest BCUT2D eigenvalue weighted by Crippen LogP contribution is 2.48. The standard InChI is InChI=1S/C10H18N/c1-8-6-9-4-5-10(2,7-8)11(9)3/h8H,4-7H2,1-3H3/t8-,10?/m0/s1. The van der Waals surface area contributed by atoms with E-state index in [0.29, 0.717) is 5.54 Å². The van der Waals surface area contributed by atoms with Crippen LogP contribution in [-0.2, 0) is 0 Å². The Morgan fingerprint density at radius 3 is 2.91 bits per heavy atom. The fourth-order valence-corrected chi connectivity index (χ4v) is 2.83. The van der Waals surface area contributed by atoms with Gasteiger partial charge in [0.05, 0.1) is 0 Å². The molecule has 0 amide bonds. The molecule has 2 aliphatic rings. The van der Waals surface area contributed by atoms with Crippen molar-refractivity contribution in [3.63, 3.8) is 0 Å². The van der Waals surface area contributed by atoms with Gasteiger partial charge in [0.25, 0.3) is 0 Å². The van der Waals surface area contributed by atoms with E-state index in [4.69, 9.17) is 0 Å². The number of hydrogen-bond acceptors (Lipinski definition) is 1. The highest BCUT2D eigenvalue weighted by Gasteiger charge is 2.45. The molecule has 2 atom stereocenters. The van der Waals surface area contributed by atoms with Crippen molar-refractivity contribution in [1.82, 2.24) is 4.90 Å². The van der Waals surface area contributed by atoms with Crippen molar-refractivity contribution >= 4 is 0 Å². The molecule has 2 fully saturated rings. The lowest BCUT2D eigenvalue weighted by atomic mass is 9.84. The minimum Gasteiger partial charge on any atom is -0.293 e. The van der Waals surface area contributed by atoms with Crippen LogP contribution >= 0.6 is 0 Å². The maximum absolute atomic E-state index is 2.53. The third-order valence-corrected chi connectivity index (χ3v) is 3.61. The topological polar surface area (TPSA) is 3.24 Å². The molecule has 0 spiro atoms. The first-order valence-electron chi connectivity index (χ1n) is 4.70. The Hall–Kier alpha value is -0.0400. The third-order valence-electron chi connectivity index (χ3n) is 3.61. The maximum Gasteiger partial charge on any atom is 0.0399 e. The molecule has 0 aromatic heterocycles. The zero-order chi connectivity index (χ0) is 8.06. The third kappa shape index (κ3) is 1.01. The molecule has 11 heavy (non-hydrogen) atoms. The summed E-state index contributed by atoms with van der Waals surface area (Å²) in [6.45, 7) is 4.80. The van der Waals surface area contributed by atoms with E-state index in [1.165, 1.54) is 25.7 Å².